The summed E-state index contributed by atoms with van der Waals surface area (Å²) in [5.41, 5.74) is 6.28. The zero-order valence-corrected chi connectivity index (χ0v) is 17.1. The largest absolute Gasteiger partial charge is 0.465 e. The molecule has 2 N–H and O–H groups in total. The van der Waals surface area contributed by atoms with Gasteiger partial charge in [-0.3, -0.25) is 4.79 Å². The molecule has 0 saturated heterocycles. The van der Waals surface area contributed by atoms with Gasteiger partial charge in [0.25, 0.3) is 0 Å². The van der Waals surface area contributed by atoms with Crippen molar-refractivity contribution in [2.75, 3.05) is 19.9 Å². The van der Waals surface area contributed by atoms with Crippen molar-refractivity contribution in [1.29, 1.82) is 0 Å². The number of rotatable bonds is 6. The van der Waals surface area contributed by atoms with E-state index >= 15 is 0 Å². The summed E-state index contributed by atoms with van der Waals surface area (Å²) >= 11 is 0. The number of esters is 1. The van der Waals surface area contributed by atoms with Gasteiger partial charge in [-0.2, -0.15) is 0 Å². The minimum absolute atomic E-state index is 0.106. The number of nitrogens with two attached hydrogens (primary N) is 1. The van der Waals surface area contributed by atoms with E-state index < -0.39 is 32.4 Å². The molecule has 1 aliphatic carbocycles. The summed E-state index contributed by atoms with van der Waals surface area (Å²) in [4.78, 5) is 13.1. The van der Waals surface area contributed by atoms with Gasteiger partial charge >= 0.3 is 5.97 Å². The van der Waals surface area contributed by atoms with Crippen LogP contribution in [-0.2, 0) is 19.4 Å². The molecule has 4 rings (SSSR count). The fourth-order valence-corrected chi connectivity index (χ4v) is 6.53. The number of sulfone groups is 1. The molecule has 154 valence electrons. The third-order valence-electron chi connectivity index (χ3n) is 5.69. The fraction of sp³-hybridized carbons (Fsp3) is 0.381. The van der Waals surface area contributed by atoms with Gasteiger partial charge in [-0.05, 0) is 43.7 Å². The molecule has 3 unspecified atom stereocenters. The lowest BCUT2D eigenvalue weighted by atomic mass is 9.99. The highest BCUT2D eigenvalue weighted by atomic mass is 32.2. The summed E-state index contributed by atoms with van der Waals surface area (Å²) < 4.78 is 43.0. The predicted molar refractivity (Wildman–Crippen MR) is 106 cm³/mol. The molecule has 29 heavy (non-hydrogen) atoms. The Hall–Kier alpha value is -2.58. The molecule has 7 nitrogen and oxygen atoms in total. The molecule has 1 aliphatic heterocycles. The number of hydrogen-bond acceptors (Lipinski definition) is 7. The van der Waals surface area contributed by atoms with E-state index in [9.17, 15) is 13.2 Å². The Bertz CT molecular complexity index is 1050. The van der Waals surface area contributed by atoms with Crippen molar-refractivity contribution in [2.45, 2.75) is 29.9 Å². The average molecular weight is 417 g/mol. The highest BCUT2D eigenvalue weighted by Gasteiger charge is 2.75. The van der Waals surface area contributed by atoms with E-state index in [1.807, 2.05) is 6.92 Å². The first-order chi connectivity index (χ1) is 13.9. The average Bonchev–Trinajstić information content (AvgIpc) is 3.20. The van der Waals surface area contributed by atoms with E-state index in [-0.39, 0.29) is 24.8 Å². The number of fused-ring (bicyclic) bond motifs is 1. The van der Waals surface area contributed by atoms with Crippen LogP contribution in [0.25, 0.3) is 0 Å². The Kier molecular flexibility index (Phi) is 4.78. The molecule has 0 amide bonds. The molecule has 0 aromatic heterocycles. The molecule has 0 radical (unpaired) electrons. The highest BCUT2D eigenvalue weighted by Crippen LogP contribution is 2.64. The van der Waals surface area contributed by atoms with Crippen LogP contribution in [-0.4, -0.2) is 39.6 Å². The fourth-order valence-electron chi connectivity index (χ4n) is 4.15. The van der Waals surface area contributed by atoms with Gasteiger partial charge in [-0.25, -0.2) is 8.42 Å². The molecular formula is C21H23NO6S. The molecule has 1 heterocycles. The molecule has 0 bridgehead atoms. The number of carbonyl (C=O) groups is 1. The van der Waals surface area contributed by atoms with E-state index in [1.54, 1.807) is 49.4 Å². The monoisotopic (exact) mass is 417 g/mol. The predicted octanol–water partition coefficient (Wildman–Crippen LogP) is 2.17. The third-order valence-corrected chi connectivity index (χ3v) is 7.98. The Morgan fingerprint density at radius 1 is 1.17 bits per heavy atom. The molecule has 2 aliphatic rings. The van der Waals surface area contributed by atoms with E-state index in [2.05, 4.69) is 0 Å². The van der Waals surface area contributed by atoms with Crippen molar-refractivity contribution in [3.8, 4) is 11.5 Å². The van der Waals surface area contributed by atoms with Crippen LogP contribution in [0.2, 0.25) is 0 Å². The van der Waals surface area contributed by atoms with Crippen LogP contribution in [0.5, 0.6) is 11.5 Å². The Morgan fingerprint density at radius 2 is 1.86 bits per heavy atom. The SMILES string of the molecule is CCOC(=O)C1(CN)C(c2ccc3c(c2)OCO3)C1S(=O)(=O)c1ccc(C)cc1. The van der Waals surface area contributed by atoms with Crippen molar-refractivity contribution in [1.82, 2.24) is 0 Å². The normalized spacial score (nSPS) is 24.9. The van der Waals surface area contributed by atoms with Gasteiger partial charge in [0.2, 0.25) is 6.79 Å². The lowest BCUT2D eigenvalue weighted by molar-refractivity contribution is -0.149. The Labute approximate surface area is 169 Å². The second kappa shape index (κ2) is 7.03. The van der Waals surface area contributed by atoms with Gasteiger partial charge in [0, 0.05) is 12.5 Å². The van der Waals surface area contributed by atoms with Crippen LogP contribution in [0.4, 0.5) is 0 Å². The minimum Gasteiger partial charge on any atom is -0.465 e. The number of hydrogen-bond donors (Lipinski definition) is 1. The lowest BCUT2D eigenvalue weighted by Crippen LogP contribution is -2.33. The topological polar surface area (TPSA) is 105 Å². The first kappa shape index (κ1) is 19.7. The summed E-state index contributed by atoms with van der Waals surface area (Å²) in [6.45, 7) is 3.68. The van der Waals surface area contributed by atoms with Crippen LogP contribution in [0.1, 0.15) is 24.0 Å². The maximum Gasteiger partial charge on any atom is 0.315 e. The first-order valence-corrected chi connectivity index (χ1v) is 11.0. The van der Waals surface area contributed by atoms with Crippen LogP contribution in [0.15, 0.2) is 47.4 Å². The summed E-state index contributed by atoms with van der Waals surface area (Å²) in [6, 6.07) is 11.8. The smallest absolute Gasteiger partial charge is 0.315 e. The highest BCUT2D eigenvalue weighted by molar-refractivity contribution is 7.92. The van der Waals surface area contributed by atoms with E-state index in [4.69, 9.17) is 19.9 Å². The van der Waals surface area contributed by atoms with Gasteiger partial charge in [0.05, 0.1) is 16.8 Å². The van der Waals surface area contributed by atoms with Gasteiger partial charge < -0.3 is 19.9 Å². The molecule has 2 aromatic rings. The van der Waals surface area contributed by atoms with E-state index in [0.29, 0.717) is 17.1 Å². The molecule has 1 fully saturated rings. The maximum absolute atomic E-state index is 13.5. The van der Waals surface area contributed by atoms with Crippen molar-refractivity contribution < 1.29 is 27.4 Å². The van der Waals surface area contributed by atoms with Crippen LogP contribution >= 0.6 is 0 Å². The van der Waals surface area contributed by atoms with Crippen molar-refractivity contribution in [3.63, 3.8) is 0 Å². The number of carbonyl (C=O) groups excluding carboxylic acids is 1. The van der Waals surface area contributed by atoms with Crippen LogP contribution in [0, 0.1) is 12.3 Å². The molecule has 2 aromatic carbocycles. The third kappa shape index (κ3) is 2.98. The van der Waals surface area contributed by atoms with Crippen molar-refractivity contribution in [2.24, 2.45) is 11.1 Å². The minimum atomic E-state index is -3.83. The van der Waals surface area contributed by atoms with Gasteiger partial charge in [0.15, 0.2) is 21.3 Å². The zero-order chi connectivity index (χ0) is 20.8. The Balaban J connectivity index is 1.81. The van der Waals surface area contributed by atoms with Gasteiger partial charge in [0.1, 0.15) is 5.41 Å². The number of aryl methyl sites for hydroxylation is 1. The lowest BCUT2D eigenvalue weighted by Gasteiger charge is -2.14. The second-order valence-electron chi connectivity index (χ2n) is 7.33. The summed E-state index contributed by atoms with van der Waals surface area (Å²) in [7, 11) is -3.83. The molecular weight excluding hydrogens is 394 g/mol. The standard InChI is InChI=1S/C21H23NO6S/c1-3-26-20(23)21(11-22)18(14-6-9-16-17(10-14)28-12-27-16)19(21)29(24,25)15-7-4-13(2)5-8-15/h4-10,18-19H,3,11-12,22H2,1-2H3. The first-order valence-electron chi connectivity index (χ1n) is 9.43. The van der Waals surface area contributed by atoms with Gasteiger partial charge in [-0.1, -0.05) is 23.8 Å². The van der Waals surface area contributed by atoms with Crippen LogP contribution in [0.3, 0.4) is 0 Å². The summed E-state index contributed by atoms with van der Waals surface area (Å²) in [6.07, 6.45) is 0. The summed E-state index contributed by atoms with van der Waals surface area (Å²) in [5.74, 6) is -0.115. The number of ether oxygens (including phenoxy) is 3. The van der Waals surface area contributed by atoms with Crippen molar-refractivity contribution in [3.05, 3.63) is 53.6 Å². The zero-order valence-electron chi connectivity index (χ0n) is 16.3. The molecule has 1 saturated carbocycles. The second-order valence-corrected chi connectivity index (χ2v) is 9.40. The maximum atomic E-state index is 13.5. The van der Waals surface area contributed by atoms with E-state index in [0.717, 1.165) is 5.56 Å². The van der Waals surface area contributed by atoms with Crippen molar-refractivity contribution >= 4 is 15.8 Å². The summed E-state index contributed by atoms with van der Waals surface area (Å²) in [5, 5.41) is -1.01. The van der Waals surface area contributed by atoms with E-state index in [1.165, 1.54) is 0 Å². The molecule has 3 atom stereocenters. The van der Waals surface area contributed by atoms with Gasteiger partial charge in [-0.15, -0.1) is 0 Å². The molecule has 8 heteroatoms. The molecule has 0 spiro atoms. The number of benzene rings is 2. The quantitative estimate of drug-likeness (QED) is 0.718. The Morgan fingerprint density at radius 3 is 2.52 bits per heavy atom. The van der Waals surface area contributed by atoms with Crippen LogP contribution < -0.4 is 15.2 Å².